The van der Waals surface area contributed by atoms with Crippen molar-refractivity contribution in [3.05, 3.63) is 27.7 Å². The van der Waals surface area contributed by atoms with Crippen LogP contribution in [0.2, 0.25) is 0 Å². The Hall–Kier alpha value is -1.56. The molecule has 0 aromatic heterocycles. The molecule has 5 nitrogen and oxygen atoms in total. The van der Waals surface area contributed by atoms with Crippen molar-refractivity contribution in [2.75, 3.05) is 6.61 Å². The van der Waals surface area contributed by atoms with E-state index in [9.17, 15) is 14.7 Å². The number of esters is 1. The summed E-state index contributed by atoms with van der Waals surface area (Å²) >= 11 is 3.15. The van der Waals surface area contributed by atoms with Crippen molar-refractivity contribution < 1.29 is 19.4 Å². The standard InChI is InChI=1S/C14H18BrNO4/c1-4-9(3)16-12(17)7-20-14(19)10-5-8(2)6-11(15)13(10)18/h5-6,9,18H,4,7H2,1-3H3,(H,16,17)/t9-/m0/s1. The highest BCUT2D eigenvalue weighted by molar-refractivity contribution is 9.10. The minimum absolute atomic E-state index is 0.0303. The summed E-state index contributed by atoms with van der Waals surface area (Å²) in [6.07, 6.45) is 0.797. The number of hydrogen-bond donors (Lipinski definition) is 2. The Bertz CT molecular complexity index is 516. The molecule has 1 rings (SSSR count). The molecule has 1 atom stereocenters. The molecule has 1 aromatic rings. The van der Waals surface area contributed by atoms with Crippen LogP contribution in [0.4, 0.5) is 0 Å². The minimum Gasteiger partial charge on any atom is -0.506 e. The summed E-state index contributed by atoms with van der Waals surface area (Å²) in [4.78, 5) is 23.4. The number of benzene rings is 1. The molecule has 0 aliphatic carbocycles. The van der Waals surface area contributed by atoms with E-state index in [2.05, 4.69) is 21.2 Å². The fourth-order valence-electron chi connectivity index (χ4n) is 1.52. The highest BCUT2D eigenvalue weighted by Gasteiger charge is 2.17. The Kier molecular flexibility index (Phi) is 6.01. The van der Waals surface area contributed by atoms with Crippen LogP contribution in [0.1, 0.15) is 36.2 Å². The number of hydrogen-bond acceptors (Lipinski definition) is 4. The zero-order chi connectivity index (χ0) is 15.3. The van der Waals surface area contributed by atoms with Crippen LogP contribution in [0.15, 0.2) is 16.6 Å². The van der Waals surface area contributed by atoms with Gasteiger partial charge in [0.05, 0.1) is 4.47 Å². The number of amides is 1. The molecule has 0 bridgehead atoms. The van der Waals surface area contributed by atoms with Crippen LogP contribution in [0, 0.1) is 6.92 Å². The molecule has 0 aliphatic rings. The normalized spacial score (nSPS) is 11.8. The third-order valence-corrected chi connectivity index (χ3v) is 3.39. The van der Waals surface area contributed by atoms with Gasteiger partial charge in [-0.3, -0.25) is 4.79 Å². The summed E-state index contributed by atoms with van der Waals surface area (Å²) in [5.41, 5.74) is 0.832. The van der Waals surface area contributed by atoms with E-state index in [0.29, 0.717) is 4.47 Å². The van der Waals surface area contributed by atoms with Crippen molar-refractivity contribution in [1.82, 2.24) is 5.32 Å². The maximum Gasteiger partial charge on any atom is 0.342 e. The van der Waals surface area contributed by atoms with Crippen LogP contribution in [-0.2, 0) is 9.53 Å². The molecule has 0 heterocycles. The van der Waals surface area contributed by atoms with Gasteiger partial charge in [0.1, 0.15) is 11.3 Å². The average Bonchev–Trinajstić information content (AvgIpc) is 2.39. The van der Waals surface area contributed by atoms with Crippen LogP contribution in [0.25, 0.3) is 0 Å². The number of carbonyl (C=O) groups is 2. The van der Waals surface area contributed by atoms with E-state index < -0.39 is 5.97 Å². The van der Waals surface area contributed by atoms with Crippen molar-refractivity contribution in [2.24, 2.45) is 0 Å². The van der Waals surface area contributed by atoms with Crippen LogP contribution >= 0.6 is 15.9 Å². The van der Waals surface area contributed by atoms with E-state index in [1.165, 1.54) is 6.07 Å². The van der Waals surface area contributed by atoms with Gasteiger partial charge in [-0.1, -0.05) is 6.92 Å². The predicted octanol–water partition coefficient (Wildman–Crippen LogP) is 2.53. The fraction of sp³-hybridized carbons (Fsp3) is 0.429. The monoisotopic (exact) mass is 343 g/mol. The van der Waals surface area contributed by atoms with Gasteiger partial charge in [-0.05, 0) is 53.9 Å². The number of aromatic hydroxyl groups is 1. The van der Waals surface area contributed by atoms with Gasteiger partial charge in [-0.15, -0.1) is 0 Å². The molecule has 20 heavy (non-hydrogen) atoms. The van der Waals surface area contributed by atoms with E-state index in [0.717, 1.165) is 12.0 Å². The molecule has 1 amide bonds. The second kappa shape index (κ2) is 7.28. The van der Waals surface area contributed by atoms with Crippen molar-refractivity contribution >= 4 is 27.8 Å². The minimum atomic E-state index is -0.730. The molecule has 1 aromatic carbocycles. The number of carbonyl (C=O) groups excluding carboxylic acids is 2. The van der Waals surface area contributed by atoms with E-state index in [1.807, 2.05) is 13.8 Å². The quantitative estimate of drug-likeness (QED) is 0.805. The van der Waals surface area contributed by atoms with E-state index in [1.54, 1.807) is 13.0 Å². The summed E-state index contributed by atoms with van der Waals surface area (Å²) in [6.45, 7) is 5.23. The Morgan fingerprint density at radius 1 is 1.45 bits per heavy atom. The third-order valence-electron chi connectivity index (χ3n) is 2.78. The third kappa shape index (κ3) is 4.52. The Labute approximate surface area is 126 Å². The summed E-state index contributed by atoms with van der Waals surface area (Å²) < 4.78 is 5.30. The first kappa shape index (κ1) is 16.5. The molecule has 110 valence electrons. The molecule has 0 aliphatic heterocycles. The largest absolute Gasteiger partial charge is 0.506 e. The first-order chi connectivity index (χ1) is 9.35. The Morgan fingerprint density at radius 3 is 2.70 bits per heavy atom. The SMILES string of the molecule is CC[C@H](C)NC(=O)COC(=O)c1cc(C)cc(Br)c1O. The number of aryl methyl sites for hydroxylation is 1. The van der Waals surface area contributed by atoms with Crippen molar-refractivity contribution in [2.45, 2.75) is 33.2 Å². The van der Waals surface area contributed by atoms with Crippen LogP contribution in [0.5, 0.6) is 5.75 Å². The van der Waals surface area contributed by atoms with Gasteiger partial charge < -0.3 is 15.2 Å². The molecule has 0 saturated heterocycles. The molecule has 0 spiro atoms. The second-order valence-corrected chi connectivity index (χ2v) is 5.45. The highest BCUT2D eigenvalue weighted by atomic mass is 79.9. The molecular weight excluding hydrogens is 326 g/mol. The molecule has 2 N–H and O–H groups in total. The van der Waals surface area contributed by atoms with Crippen LogP contribution in [0.3, 0.4) is 0 Å². The second-order valence-electron chi connectivity index (χ2n) is 4.60. The predicted molar refractivity (Wildman–Crippen MR) is 78.7 cm³/mol. The van der Waals surface area contributed by atoms with Gasteiger partial charge in [0.25, 0.3) is 5.91 Å². The van der Waals surface area contributed by atoms with Gasteiger partial charge in [0.15, 0.2) is 6.61 Å². The van der Waals surface area contributed by atoms with Crippen LogP contribution in [-0.4, -0.2) is 29.6 Å². The number of rotatable bonds is 5. The number of halogens is 1. The lowest BCUT2D eigenvalue weighted by molar-refractivity contribution is -0.124. The lowest BCUT2D eigenvalue weighted by Gasteiger charge is -2.12. The molecule has 0 unspecified atom stereocenters. The molecule has 0 radical (unpaired) electrons. The van der Waals surface area contributed by atoms with Gasteiger partial charge in [0, 0.05) is 6.04 Å². The topological polar surface area (TPSA) is 75.6 Å². The van der Waals surface area contributed by atoms with Crippen LogP contribution < -0.4 is 5.32 Å². The molecule has 6 heteroatoms. The van der Waals surface area contributed by atoms with Crippen molar-refractivity contribution in [1.29, 1.82) is 0 Å². The van der Waals surface area contributed by atoms with Gasteiger partial charge in [-0.2, -0.15) is 0 Å². The lowest BCUT2D eigenvalue weighted by atomic mass is 10.1. The molecule has 0 saturated carbocycles. The number of phenols is 1. The maximum absolute atomic E-state index is 11.8. The van der Waals surface area contributed by atoms with Crippen molar-refractivity contribution in [3.63, 3.8) is 0 Å². The maximum atomic E-state index is 11.8. The molecular formula is C14H18BrNO4. The number of phenolic OH excluding ortho intramolecular Hbond substituents is 1. The summed E-state index contributed by atoms with van der Waals surface area (Å²) in [5, 5.41) is 12.5. The highest BCUT2D eigenvalue weighted by Crippen LogP contribution is 2.29. The van der Waals surface area contributed by atoms with E-state index in [-0.39, 0.29) is 29.9 Å². The number of ether oxygens (including phenoxy) is 1. The fourth-order valence-corrected chi connectivity index (χ4v) is 2.09. The van der Waals surface area contributed by atoms with Gasteiger partial charge in [-0.25, -0.2) is 4.79 Å². The molecule has 0 fully saturated rings. The Morgan fingerprint density at radius 2 is 2.10 bits per heavy atom. The zero-order valence-electron chi connectivity index (χ0n) is 11.7. The Balaban J connectivity index is 2.66. The van der Waals surface area contributed by atoms with E-state index in [4.69, 9.17) is 4.74 Å². The zero-order valence-corrected chi connectivity index (χ0v) is 13.3. The van der Waals surface area contributed by atoms with Crippen molar-refractivity contribution in [3.8, 4) is 5.75 Å². The van der Waals surface area contributed by atoms with Gasteiger partial charge in [0.2, 0.25) is 0 Å². The lowest BCUT2D eigenvalue weighted by Crippen LogP contribution is -2.35. The number of nitrogens with one attached hydrogen (secondary N) is 1. The van der Waals surface area contributed by atoms with E-state index >= 15 is 0 Å². The summed E-state index contributed by atoms with van der Waals surface area (Å²) in [5.74, 6) is -1.28. The smallest absolute Gasteiger partial charge is 0.342 e. The summed E-state index contributed by atoms with van der Waals surface area (Å²) in [6, 6.07) is 3.22. The first-order valence-electron chi connectivity index (χ1n) is 6.30. The summed E-state index contributed by atoms with van der Waals surface area (Å²) in [7, 11) is 0. The van der Waals surface area contributed by atoms with Gasteiger partial charge >= 0.3 is 5.97 Å². The first-order valence-corrected chi connectivity index (χ1v) is 7.10. The average molecular weight is 344 g/mol.